The Hall–Kier alpha value is 1.05. The number of hydrogen-bond donors (Lipinski definition) is 1. The lowest BCUT2D eigenvalue weighted by Gasteiger charge is -2.06. The Morgan fingerprint density at radius 3 is 1.10 bits per heavy atom. The third-order valence-electron chi connectivity index (χ3n) is 3.66. The summed E-state index contributed by atoms with van der Waals surface area (Å²) in [5.41, 5.74) is 5.47. The SMILES string of the molecule is NCCCCCCCCCCCCCCC[Si](Cl)(Cl)Cl. The minimum Gasteiger partial charge on any atom is -0.330 e. The topological polar surface area (TPSA) is 26.0 Å². The fraction of sp³-hybridized carbons (Fsp3) is 1.00. The lowest BCUT2D eigenvalue weighted by molar-refractivity contribution is 0.540. The predicted molar refractivity (Wildman–Crippen MR) is 97.2 cm³/mol. The second-order valence-electron chi connectivity index (χ2n) is 5.75. The number of halogens is 3. The van der Waals surface area contributed by atoms with Crippen molar-refractivity contribution >= 4 is 39.2 Å². The van der Waals surface area contributed by atoms with E-state index in [9.17, 15) is 0 Å². The summed E-state index contributed by atoms with van der Waals surface area (Å²) in [6.07, 6.45) is 17.2. The highest BCUT2D eigenvalue weighted by Crippen LogP contribution is 2.27. The van der Waals surface area contributed by atoms with Crippen molar-refractivity contribution < 1.29 is 0 Å². The van der Waals surface area contributed by atoms with Gasteiger partial charge in [-0.1, -0.05) is 77.0 Å². The molecule has 0 rings (SSSR count). The summed E-state index contributed by atoms with van der Waals surface area (Å²) in [4.78, 5) is 0. The van der Waals surface area contributed by atoms with Gasteiger partial charge in [0.05, 0.1) is 0 Å². The first-order chi connectivity index (χ1) is 9.56. The Labute approximate surface area is 141 Å². The fourth-order valence-corrected chi connectivity index (χ4v) is 4.27. The zero-order chi connectivity index (χ0) is 15.1. The van der Waals surface area contributed by atoms with E-state index < -0.39 is 6.00 Å². The molecule has 20 heavy (non-hydrogen) atoms. The molecule has 122 valence electrons. The zero-order valence-corrected chi connectivity index (χ0v) is 16.1. The van der Waals surface area contributed by atoms with E-state index in [0.717, 1.165) is 19.0 Å². The smallest absolute Gasteiger partial charge is 0.330 e. The molecule has 5 heteroatoms. The molecule has 0 atom stereocenters. The zero-order valence-electron chi connectivity index (χ0n) is 12.8. The van der Waals surface area contributed by atoms with E-state index in [2.05, 4.69) is 0 Å². The van der Waals surface area contributed by atoms with Crippen molar-refractivity contribution in [1.82, 2.24) is 0 Å². The molecule has 0 unspecified atom stereocenters. The van der Waals surface area contributed by atoms with Crippen LogP contribution in [0.5, 0.6) is 0 Å². The van der Waals surface area contributed by atoms with Crippen LogP contribution in [0.15, 0.2) is 0 Å². The van der Waals surface area contributed by atoms with Crippen LogP contribution in [0.25, 0.3) is 0 Å². The Morgan fingerprint density at radius 1 is 0.500 bits per heavy atom. The van der Waals surface area contributed by atoms with E-state index in [1.165, 1.54) is 77.0 Å². The molecule has 0 saturated carbocycles. The molecule has 2 N–H and O–H groups in total. The minimum atomic E-state index is -2.35. The Balaban J connectivity index is 2.99. The van der Waals surface area contributed by atoms with E-state index in [-0.39, 0.29) is 0 Å². The quantitative estimate of drug-likeness (QED) is 0.197. The van der Waals surface area contributed by atoms with Gasteiger partial charge in [0.25, 0.3) is 0 Å². The largest absolute Gasteiger partial charge is 0.341 e. The first-order valence-electron chi connectivity index (χ1n) is 8.33. The van der Waals surface area contributed by atoms with Crippen molar-refractivity contribution in [3.63, 3.8) is 0 Å². The monoisotopic (exact) mass is 359 g/mol. The fourth-order valence-electron chi connectivity index (χ4n) is 2.41. The van der Waals surface area contributed by atoms with Crippen molar-refractivity contribution in [2.45, 2.75) is 89.5 Å². The van der Waals surface area contributed by atoms with E-state index in [4.69, 9.17) is 39.0 Å². The molecule has 0 radical (unpaired) electrons. The van der Waals surface area contributed by atoms with E-state index in [1.54, 1.807) is 0 Å². The highest BCUT2D eigenvalue weighted by molar-refractivity contribution is 7.64. The van der Waals surface area contributed by atoms with Crippen molar-refractivity contribution in [1.29, 1.82) is 0 Å². The van der Waals surface area contributed by atoms with Gasteiger partial charge in [-0.05, 0) is 19.0 Å². The van der Waals surface area contributed by atoms with Gasteiger partial charge in [0.2, 0.25) is 0 Å². The van der Waals surface area contributed by atoms with Crippen LogP contribution >= 0.6 is 33.2 Å². The van der Waals surface area contributed by atoms with Crippen molar-refractivity contribution in [2.24, 2.45) is 5.73 Å². The summed E-state index contributed by atoms with van der Waals surface area (Å²) >= 11 is 17.5. The van der Waals surface area contributed by atoms with Crippen LogP contribution in [0.2, 0.25) is 6.04 Å². The first-order valence-corrected chi connectivity index (χ1v) is 13.6. The Bertz CT molecular complexity index is 198. The lowest BCUT2D eigenvalue weighted by atomic mass is 10.0. The summed E-state index contributed by atoms with van der Waals surface area (Å²) in [7, 11) is 0. The molecular weight excluding hydrogens is 329 g/mol. The average molecular weight is 361 g/mol. The van der Waals surface area contributed by atoms with Crippen LogP contribution in [-0.4, -0.2) is 12.5 Å². The molecule has 0 aromatic carbocycles. The molecule has 0 aliphatic rings. The molecule has 0 bridgehead atoms. The van der Waals surface area contributed by atoms with Gasteiger partial charge in [-0.15, -0.1) is 33.2 Å². The molecular formula is C15H32Cl3NSi. The summed E-state index contributed by atoms with van der Waals surface area (Å²) in [6.45, 7) is 0.851. The third kappa shape index (κ3) is 19.0. The predicted octanol–water partition coefficient (Wildman–Crippen LogP) is 6.67. The minimum absolute atomic E-state index is 0.821. The maximum Gasteiger partial charge on any atom is 0.341 e. The van der Waals surface area contributed by atoms with Crippen LogP contribution in [0.4, 0.5) is 0 Å². The summed E-state index contributed by atoms with van der Waals surface area (Å²) in [5, 5.41) is 0. The first kappa shape index (κ1) is 21.0. The van der Waals surface area contributed by atoms with Gasteiger partial charge in [0.1, 0.15) is 0 Å². The van der Waals surface area contributed by atoms with Gasteiger partial charge in [0, 0.05) is 0 Å². The van der Waals surface area contributed by atoms with Crippen LogP contribution in [-0.2, 0) is 0 Å². The number of nitrogens with two attached hydrogens (primary N) is 1. The standard InChI is InChI=1S/C15H32Cl3NSi/c16-20(17,18)15-13-11-9-7-5-3-1-2-4-6-8-10-12-14-19/h1-15,19H2. The molecule has 0 aliphatic heterocycles. The molecule has 0 aliphatic carbocycles. The number of hydrogen-bond acceptors (Lipinski definition) is 1. The highest BCUT2D eigenvalue weighted by Gasteiger charge is 2.23. The normalized spacial score (nSPS) is 12.0. The summed E-state index contributed by atoms with van der Waals surface area (Å²) < 4.78 is 0. The summed E-state index contributed by atoms with van der Waals surface area (Å²) in [5.74, 6) is 0. The maximum absolute atomic E-state index is 5.85. The lowest BCUT2D eigenvalue weighted by Crippen LogP contribution is -2.07. The molecule has 0 spiro atoms. The van der Waals surface area contributed by atoms with Gasteiger partial charge in [-0.3, -0.25) is 0 Å². The van der Waals surface area contributed by atoms with E-state index in [1.807, 2.05) is 0 Å². The van der Waals surface area contributed by atoms with Gasteiger partial charge < -0.3 is 5.73 Å². The molecule has 0 amide bonds. The number of rotatable bonds is 15. The van der Waals surface area contributed by atoms with Crippen molar-refractivity contribution in [3.05, 3.63) is 0 Å². The molecule has 0 saturated heterocycles. The molecule has 0 fully saturated rings. The molecule has 0 aromatic rings. The molecule has 0 heterocycles. The Kier molecular flexibility index (Phi) is 15.7. The molecule has 0 aromatic heterocycles. The van der Waals surface area contributed by atoms with Gasteiger partial charge in [-0.2, -0.15) is 0 Å². The Morgan fingerprint density at radius 2 is 0.800 bits per heavy atom. The highest BCUT2D eigenvalue weighted by atomic mass is 35.8. The van der Waals surface area contributed by atoms with Crippen LogP contribution in [0, 0.1) is 0 Å². The molecule has 1 nitrogen and oxygen atoms in total. The summed E-state index contributed by atoms with van der Waals surface area (Å²) in [6, 6.07) is -1.53. The second-order valence-corrected chi connectivity index (χ2v) is 15.0. The van der Waals surface area contributed by atoms with Gasteiger partial charge in [0.15, 0.2) is 0 Å². The van der Waals surface area contributed by atoms with Gasteiger partial charge in [-0.25, -0.2) is 0 Å². The maximum atomic E-state index is 5.85. The second kappa shape index (κ2) is 15.0. The van der Waals surface area contributed by atoms with E-state index in [0.29, 0.717) is 0 Å². The van der Waals surface area contributed by atoms with Crippen LogP contribution in [0.1, 0.15) is 83.5 Å². The van der Waals surface area contributed by atoms with Crippen molar-refractivity contribution in [2.75, 3.05) is 6.54 Å². The van der Waals surface area contributed by atoms with Crippen molar-refractivity contribution in [3.8, 4) is 0 Å². The van der Waals surface area contributed by atoms with Crippen LogP contribution < -0.4 is 5.73 Å². The van der Waals surface area contributed by atoms with Crippen LogP contribution in [0.3, 0.4) is 0 Å². The van der Waals surface area contributed by atoms with Gasteiger partial charge >= 0.3 is 6.00 Å². The number of unbranched alkanes of at least 4 members (excludes halogenated alkanes) is 12. The third-order valence-corrected chi connectivity index (χ3v) is 6.29. The average Bonchev–Trinajstić information content (AvgIpc) is 2.38. The van der Waals surface area contributed by atoms with E-state index >= 15 is 0 Å².